The smallest absolute Gasteiger partial charge is 0.317 e. The number of rotatable bonds is 8. The summed E-state index contributed by atoms with van der Waals surface area (Å²) in [5.41, 5.74) is 3.00. The molecule has 1 saturated heterocycles. The van der Waals surface area contributed by atoms with Gasteiger partial charge >= 0.3 is 5.97 Å². The topological polar surface area (TPSA) is 100 Å². The van der Waals surface area contributed by atoms with Gasteiger partial charge in [0.15, 0.2) is 11.6 Å². The number of benzene rings is 1. The molecule has 0 spiro atoms. The van der Waals surface area contributed by atoms with Crippen LogP contribution < -0.4 is 0 Å². The Balaban J connectivity index is 1.30. The van der Waals surface area contributed by atoms with Crippen LogP contribution in [-0.4, -0.2) is 78.1 Å². The number of carbonyl (C=O) groups is 1. The lowest BCUT2D eigenvalue weighted by atomic mass is 10.1. The largest absolute Gasteiger partial charge is 0.480 e. The van der Waals surface area contributed by atoms with E-state index in [1.165, 1.54) is 6.07 Å². The molecule has 0 bridgehead atoms. The molecule has 204 valence electrons. The molecule has 0 unspecified atom stereocenters. The Morgan fingerprint density at radius 3 is 2.41 bits per heavy atom. The summed E-state index contributed by atoms with van der Waals surface area (Å²) >= 11 is 0. The molecule has 0 amide bonds. The molecule has 3 aromatic heterocycles. The van der Waals surface area contributed by atoms with Crippen LogP contribution in [0.15, 0.2) is 36.7 Å². The highest BCUT2D eigenvalue weighted by molar-refractivity contribution is 5.83. The van der Waals surface area contributed by atoms with Gasteiger partial charge in [0.05, 0.1) is 24.7 Å². The Kier molecular flexibility index (Phi) is 7.62. The Morgan fingerprint density at radius 1 is 1.00 bits per heavy atom. The third kappa shape index (κ3) is 5.94. The zero-order valence-electron chi connectivity index (χ0n) is 22.2. The highest BCUT2D eigenvalue weighted by Gasteiger charge is 2.20. The maximum Gasteiger partial charge on any atom is 0.317 e. The molecule has 39 heavy (non-hydrogen) atoms. The van der Waals surface area contributed by atoms with Crippen LogP contribution in [0, 0.1) is 18.6 Å². The Labute approximate surface area is 225 Å². The fourth-order valence-corrected chi connectivity index (χ4v) is 5.12. The minimum absolute atomic E-state index is 0.0358. The maximum atomic E-state index is 15.0. The number of hydrogen-bond acceptors (Lipinski definition) is 7. The number of aromatic nitrogens is 5. The molecule has 0 aliphatic carbocycles. The third-order valence-corrected chi connectivity index (χ3v) is 6.96. The molecule has 1 aliphatic rings. The van der Waals surface area contributed by atoms with Gasteiger partial charge in [-0.05, 0) is 44.5 Å². The molecular formula is C28H31F2N7O2. The van der Waals surface area contributed by atoms with Gasteiger partial charge in [0.2, 0.25) is 0 Å². The summed E-state index contributed by atoms with van der Waals surface area (Å²) in [6.07, 6.45) is 3.22. The first-order valence-corrected chi connectivity index (χ1v) is 13.0. The van der Waals surface area contributed by atoms with Crippen LogP contribution in [0.2, 0.25) is 0 Å². The van der Waals surface area contributed by atoms with Crippen molar-refractivity contribution in [1.29, 1.82) is 0 Å². The van der Waals surface area contributed by atoms with Crippen molar-refractivity contribution in [3.8, 4) is 11.3 Å². The van der Waals surface area contributed by atoms with Crippen molar-refractivity contribution in [2.24, 2.45) is 0 Å². The summed E-state index contributed by atoms with van der Waals surface area (Å²) in [5, 5.41) is 8.95. The number of halogens is 2. The third-order valence-electron chi connectivity index (χ3n) is 6.96. The van der Waals surface area contributed by atoms with Gasteiger partial charge in [-0.15, -0.1) is 0 Å². The first kappa shape index (κ1) is 26.8. The van der Waals surface area contributed by atoms with Gasteiger partial charge in [-0.2, -0.15) is 0 Å². The molecule has 1 fully saturated rings. The van der Waals surface area contributed by atoms with Gasteiger partial charge in [-0.1, -0.05) is 6.07 Å². The minimum atomic E-state index is -0.803. The van der Waals surface area contributed by atoms with Crippen LogP contribution in [0.3, 0.4) is 0 Å². The van der Waals surface area contributed by atoms with Gasteiger partial charge in [0.25, 0.3) is 0 Å². The summed E-state index contributed by atoms with van der Waals surface area (Å²) in [6.45, 7) is 9.64. The number of fused-ring (bicyclic) bond motifs is 1. The summed E-state index contributed by atoms with van der Waals surface area (Å²) < 4.78 is 31.7. The van der Waals surface area contributed by atoms with Crippen LogP contribution in [0.5, 0.6) is 0 Å². The van der Waals surface area contributed by atoms with Crippen LogP contribution >= 0.6 is 0 Å². The number of nitrogens with zero attached hydrogens (tertiary/aromatic N) is 7. The first-order chi connectivity index (χ1) is 18.7. The first-order valence-electron chi connectivity index (χ1n) is 13.0. The zero-order chi connectivity index (χ0) is 27.7. The summed E-state index contributed by atoms with van der Waals surface area (Å²) in [7, 11) is 0. The summed E-state index contributed by atoms with van der Waals surface area (Å²) in [6, 6.07) is 6.95. The molecule has 4 aromatic rings. The standard InChI is InChI=1S/C28H31F2N7O2/c1-17(2)37-18(3)33-28-22(29)10-20(11-24(28)37)27-23(30)14-32-25(34-27)12-21-5-4-19(13-31-21)15-35-6-8-36(9-7-35)16-26(38)39/h4-5,10-11,13-14,17H,6-9,12,15-16H2,1-3H3,(H,38,39). The van der Waals surface area contributed by atoms with Crippen molar-refractivity contribution in [2.45, 2.75) is 39.8 Å². The fraction of sp³-hybridized carbons (Fsp3) is 0.393. The molecule has 1 N–H and O–H groups in total. The van der Waals surface area contributed by atoms with E-state index in [2.05, 4.69) is 24.8 Å². The van der Waals surface area contributed by atoms with Crippen molar-refractivity contribution in [2.75, 3.05) is 32.7 Å². The molecule has 5 rings (SSSR count). The molecule has 11 heteroatoms. The number of carboxylic acid groups (broad SMARTS) is 1. The Hall–Kier alpha value is -3.83. The number of hydrogen-bond donors (Lipinski definition) is 1. The number of piperazine rings is 1. The van der Waals surface area contributed by atoms with E-state index in [4.69, 9.17) is 5.11 Å². The van der Waals surface area contributed by atoms with E-state index in [1.54, 1.807) is 6.07 Å². The number of aryl methyl sites for hydroxylation is 1. The van der Waals surface area contributed by atoms with Gasteiger partial charge in [0.1, 0.15) is 22.9 Å². The molecule has 9 nitrogen and oxygen atoms in total. The highest BCUT2D eigenvalue weighted by atomic mass is 19.1. The minimum Gasteiger partial charge on any atom is -0.480 e. The van der Waals surface area contributed by atoms with E-state index in [0.29, 0.717) is 29.1 Å². The second-order valence-corrected chi connectivity index (χ2v) is 10.2. The summed E-state index contributed by atoms with van der Waals surface area (Å²) in [5.74, 6) is -0.880. The monoisotopic (exact) mass is 535 g/mol. The van der Waals surface area contributed by atoms with Gasteiger partial charge in [-0.25, -0.2) is 23.7 Å². The van der Waals surface area contributed by atoms with Crippen molar-refractivity contribution < 1.29 is 18.7 Å². The quantitative estimate of drug-likeness (QED) is 0.363. The lowest BCUT2D eigenvalue weighted by Crippen LogP contribution is -2.47. The lowest BCUT2D eigenvalue weighted by Gasteiger charge is -2.33. The molecule has 4 heterocycles. The second-order valence-electron chi connectivity index (χ2n) is 10.2. The van der Waals surface area contributed by atoms with E-state index >= 15 is 0 Å². The molecule has 1 aliphatic heterocycles. The highest BCUT2D eigenvalue weighted by Crippen LogP contribution is 2.30. The fourth-order valence-electron chi connectivity index (χ4n) is 5.12. The van der Waals surface area contributed by atoms with E-state index in [9.17, 15) is 13.6 Å². The normalized spacial score (nSPS) is 14.9. The number of aliphatic carboxylic acids is 1. The predicted octanol–water partition coefficient (Wildman–Crippen LogP) is 3.85. The van der Waals surface area contributed by atoms with Crippen molar-refractivity contribution >= 4 is 17.0 Å². The molecule has 1 aromatic carbocycles. The molecule has 0 atom stereocenters. The van der Waals surface area contributed by atoms with Crippen molar-refractivity contribution in [3.63, 3.8) is 0 Å². The van der Waals surface area contributed by atoms with E-state index in [1.807, 2.05) is 48.6 Å². The SMILES string of the molecule is Cc1nc2c(F)cc(-c3nc(Cc4ccc(CN5CCN(CC(=O)O)CC5)cn4)ncc3F)cc2n1C(C)C. The van der Waals surface area contributed by atoms with Gasteiger partial charge in [0, 0.05) is 56.2 Å². The Bertz CT molecular complexity index is 1500. The number of imidazole rings is 1. The van der Waals surface area contributed by atoms with Gasteiger partial charge in [-0.3, -0.25) is 19.6 Å². The van der Waals surface area contributed by atoms with Crippen LogP contribution in [0.1, 0.15) is 42.8 Å². The van der Waals surface area contributed by atoms with Gasteiger partial charge < -0.3 is 9.67 Å². The Morgan fingerprint density at radius 2 is 1.74 bits per heavy atom. The van der Waals surface area contributed by atoms with Crippen LogP contribution in [0.4, 0.5) is 8.78 Å². The lowest BCUT2D eigenvalue weighted by molar-refractivity contribution is -0.138. The van der Waals surface area contributed by atoms with E-state index in [0.717, 1.165) is 50.2 Å². The zero-order valence-corrected chi connectivity index (χ0v) is 22.2. The molecular weight excluding hydrogens is 504 g/mol. The average molecular weight is 536 g/mol. The van der Waals surface area contributed by atoms with Crippen molar-refractivity contribution in [3.05, 3.63) is 71.2 Å². The van der Waals surface area contributed by atoms with Crippen LogP contribution in [-0.2, 0) is 17.8 Å². The van der Waals surface area contributed by atoms with E-state index < -0.39 is 17.6 Å². The predicted molar refractivity (Wildman–Crippen MR) is 142 cm³/mol. The second kappa shape index (κ2) is 11.1. The van der Waals surface area contributed by atoms with E-state index in [-0.39, 0.29) is 23.8 Å². The summed E-state index contributed by atoms with van der Waals surface area (Å²) in [4.78, 5) is 32.6. The average Bonchev–Trinajstić information content (AvgIpc) is 3.24. The molecule has 0 saturated carbocycles. The van der Waals surface area contributed by atoms with Crippen molar-refractivity contribution in [1.82, 2.24) is 34.3 Å². The molecule has 0 radical (unpaired) electrons. The van der Waals surface area contributed by atoms with Crippen LogP contribution in [0.25, 0.3) is 22.3 Å². The number of pyridine rings is 1. The maximum absolute atomic E-state index is 15.0. The number of carboxylic acids is 1.